The Bertz CT molecular complexity index is 1230. The van der Waals surface area contributed by atoms with Gasteiger partial charge in [0.25, 0.3) is 0 Å². The second-order valence-electron chi connectivity index (χ2n) is 9.14. The van der Waals surface area contributed by atoms with Crippen molar-refractivity contribution in [3.8, 4) is 0 Å². The van der Waals surface area contributed by atoms with Crippen molar-refractivity contribution < 1.29 is 31.0 Å². The molecule has 1 amide bonds. The number of halogens is 1. The van der Waals surface area contributed by atoms with Gasteiger partial charge in [-0.25, -0.2) is 0 Å². The van der Waals surface area contributed by atoms with E-state index in [1.165, 1.54) is 23.8 Å². The number of hydrogen-bond acceptors (Lipinski definition) is 6. The number of alkyl halides is 1. The molecular formula is C26H30IN6O2-. The van der Waals surface area contributed by atoms with Crippen molar-refractivity contribution in [1.82, 2.24) is 25.7 Å². The summed E-state index contributed by atoms with van der Waals surface area (Å²) in [5.41, 5.74) is 6.34. The number of ether oxygens (including phenoxy) is 1. The third kappa shape index (κ3) is 4.76. The number of amides is 1. The molecule has 2 fully saturated rings. The maximum absolute atomic E-state index is 12.8. The van der Waals surface area contributed by atoms with Crippen LogP contribution in [-0.2, 0) is 4.74 Å². The molecule has 6 rings (SSSR count). The van der Waals surface area contributed by atoms with Crippen molar-refractivity contribution in [2.75, 3.05) is 47.1 Å². The van der Waals surface area contributed by atoms with E-state index in [1.807, 2.05) is 17.0 Å². The average molecular weight is 585 g/mol. The van der Waals surface area contributed by atoms with Crippen LogP contribution >= 0.6 is 0 Å². The summed E-state index contributed by atoms with van der Waals surface area (Å²) in [5.74, 6) is 0.691. The van der Waals surface area contributed by atoms with Crippen LogP contribution in [0.3, 0.4) is 0 Å². The van der Waals surface area contributed by atoms with Crippen molar-refractivity contribution in [2.45, 2.75) is 18.8 Å². The van der Waals surface area contributed by atoms with Crippen molar-refractivity contribution in [2.24, 2.45) is 0 Å². The van der Waals surface area contributed by atoms with Crippen molar-refractivity contribution in [1.29, 1.82) is 0 Å². The Balaban J connectivity index is 1.24. The number of piperidine rings is 1. The number of rotatable bonds is 4. The summed E-state index contributed by atoms with van der Waals surface area (Å²) in [5, 5.41) is 16.1. The zero-order chi connectivity index (χ0) is 23.6. The van der Waals surface area contributed by atoms with E-state index in [9.17, 15) is 4.79 Å². The molecule has 2 aromatic carbocycles. The summed E-state index contributed by atoms with van der Waals surface area (Å²) in [6, 6.07) is 14.8. The van der Waals surface area contributed by atoms with Gasteiger partial charge in [-0.15, -0.1) is 0 Å². The number of morpholine rings is 1. The summed E-state index contributed by atoms with van der Waals surface area (Å²) in [6.07, 6.45) is 4.55. The molecule has 0 aliphatic carbocycles. The van der Waals surface area contributed by atoms with Crippen LogP contribution in [0.25, 0.3) is 16.6 Å². The number of hydrogen-bond donors (Lipinski definition) is 3. The second kappa shape index (κ2) is 10.2. The number of carbonyl (C=O) groups is 1. The third-order valence-corrected chi connectivity index (χ3v) is 9.29. The first-order chi connectivity index (χ1) is 17.3. The summed E-state index contributed by atoms with van der Waals surface area (Å²) in [6.45, 7) is 4.72. The molecule has 2 saturated heterocycles. The van der Waals surface area contributed by atoms with E-state index < -0.39 is 0 Å². The van der Waals surface area contributed by atoms with Gasteiger partial charge in [-0.05, 0) is 0 Å². The summed E-state index contributed by atoms with van der Waals surface area (Å²) >= 11 is -0.245. The molecular weight excluding hydrogens is 555 g/mol. The number of aromatic amines is 1. The number of fused-ring (bicyclic) bond motifs is 1. The van der Waals surface area contributed by atoms with Gasteiger partial charge in [0.2, 0.25) is 0 Å². The fraction of sp³-hybridized carbons (Fsp3) is 0.385. The van der Waals surface area contributed by atoms with Crippen LogP contribution in [0.2, 0.25) is 0 Å². The Hall–Kier alpha value is -2.63. The Morgan fingerprint density at radius 2 is 1.86 bits per heavy atom. The van der Waals surface area contributed by atoms with Crippen LogP contribution in [0.15, 0.2) is 48.7 Å². The Morgan fingerprint density at radius 1 is 1.06 bits per heavy atom. The summed E-state index contributed by atoms with van der Waals surface area (Å²) in [7, 11) is 0. The molecule has 0 atom stereocenters. The zero-order valence-electron chi connectivity index (χ0n) is 19.6. The van der Waals surface area contributed by atoms with Crippen LogP contribution in [-0.4, -0.2) is 64.9 Å². The molecule has 9 heteroatoms. The summed E-state index contributed by atoms with van der Waals surface area (Å²) < 4.78 is 8.64. The number of aromatic nitrogens is 2. The minimum atomic E-state index is -0.245. The first-order valence-electron chi connectivity index (χ1n) is 12.3. The van der Waals surface area contributed by atoms with Crippen LogP contribution in [0.4, 0.5) is 5.69 Å². The quantitative estimate of drug-likeness (QED) is 0.171. The molecule has 0 unspecified atom stereocenters. The predicted octanol–water partition coefficient (Wildman–Crippen LogP) is -0.128. The predicted molar refractivity (Wildman–Crippen MR) is 133 cm³/mol. The standard InChI is InChI=1S/C26H30IN6O2/c34-26(32-11-13-35-14-12-32)19-1-4-21(5-2-19)33-16-24(29-17-27-33)25-22-15-20(3-6-23(22)30-31-25)18-7-9-28-10-8-18/h1-6,15-16,18,28-29H,7-14,17H2,(H,30,31)/q-1. The third-order valence-electron chi connectivity index (χ3n) is 7.00. The first-order valence-corrected chi connectivity index (χ1v) is 14.8. The fourth-order valence-electron chi connectivity index (χ4n) is 4.99. The number of carbonyl (C=O) groups excluding carboxylic acids is 1. The molecule has 3 N–H and O–H groups in total. The molecule has 0 radical (unpaired) electrons. The van der Waals surface area contributed by atoms with Gasteiger partial charge in [-0.2, -0.15) is 0 Å². The minimum absolute atomic E-state index is 0.0821. The average Bonchev–Trinajstić information content (AvgIpc) is 3.37. The van der Waals surface area contributed by atoms with E-state index in [0.29, 0.717) is 32.2 Å². The van der Waals surface area contributed by atoms with E-state index in [2.05, 4.69) is 60.5 Å². The Kier molecular flexibility index (Phi) is 6.62. The Morgan fingerprint density at radius 3 is 2.66 bits per heavy atom. The molecule has 1 aromatic heterocycles. The molecule has 0 saturated carbocycles. The van der Waals surface area contributed by atoms with E-state index in [4.69, 9.17) is 4.74 Å². The number of benzene rings is 2. The fourth-order valence-corrected chi connectivity index (χ4v) is 7.13. The Labute approximate surface area is 215 Å². The van der Waals surface area contributed by atoms with Crippen molar-refractivity contribution in [3.63, 3.8) is 0 Å². The van der Waals surface area contributed by atoms with Gasteiger partial charge in [-0.1, -0.05) is 0 Å². The van der Waals surface area contributed by atoms with Crippen molar-refractivity contribution >= 4 is 28.2 Å². The zero-order valence-corrected chi connectivity index (χ0v) is 21.8. The van der Waals surface area contributed by atoms with Gasteiger partial charge in [0.15, 0.2) is 0 Å². The number of nitrogens with zero attached hydrogens (tertiary/aromatic N) is 3. The molecule has 3 aromatic rings. The molecule has 8 nitrogen and oxygen atoms in total. The van der Waals surface area contributed by atoms with Gasteiger partial charge in [-0.3, -0.25) is 0 Å². The van der Waals surface area contributed by atoms with Crippen molar-refractivity contribution in [3.05, 3.63) is 65.5 Å². The van der Waals surface area contributed by atoms with Gasteiger partial charge in [0, 0.05) is 0 Å². The SMILES string of the molecule is O=C(c1ccc(N2C=C(c3n[nH]c4ccc(C5CCNCC5)cc34)NC[I-]2)cc1)N1CCOCC1. The van der Waals surface area contributed by atoms with Crippen LogP contribution < -0.4 is 35.2 Å². The number of anilines is 1. The molecule has 4 heterocycles. The van der Waals surface area contributed by atoms with Gasteiger partial charge >= 0.3 is 216 Å². The normalized spacial score (nSPS) is 19.7. The van der Waals surface area contributed by atoms with E-state index in [0.717, 1.165) is 45.8 Å². The van der Waals surface area contributed by atoms with E-state index >= 15 is 0 Å². The monoisotopic (exact) mass is 585 g/mol. The molecule has 184 valence electrons. The molecule has 0 spiro atoms. The maximum atomic E-state index is 12.8. The van der Waals surface area contributed by atoms with Crippen LogP contribution in [0.5, 0.6) is 0 Å². The molecule has 35 heavy (non-hydrogen) atoms. The summed E-state index contributed by atoms with van der Waals surface area (Å²) in [4.78, 5) is 14.7. The number of nitrogens with one attached hydrogen (secondary N) is 3. The van der Waals surface area contributed by atoms with Crippen LogP contribution in [0.1, 0.15) is 40.4 Å². The number of H-pyrrole nitrogens is 1. The molecule has 3 aliphatic rings. The van der Waals surface area contributed by atoms with E-state index in [-0.39, 0.29) is 27.4 Å². The topological polar surface area (TPSA) is 85.5 Å². The van der Waals surface area contributed by atoms with Gasteiger partial charge in [0.1, 0.15) is 0 Å². The van der Waals surface area contributed by atoms with Gasteiger partial charge < -0.3 is 0 Å². The van der Waals surface area contributed by atoms with Crippen LogP contribution in [0, 0.1) is 0 Å². The molecule has 3 aliphatic heterocycles. The van der Waals surface area contributed by atoms with Gasteiger partial charge in [0.05, 0.1) is 0 Å². The second-order valence-corrected chi connectivity index (χ2v) is 11.6. The first kappa shape index (κ1) is 22.8. The van der Waals surface area contributed by atoms with E-state index in [1.54, 1.807) is 0 Å². The molecule has 0 bridgehead atoms.